The Kier molecular flexibility index (Phi) is 11.9. The van der Waals surface area contributed by atoms with Crippen molar-refractivity contribution in [3.05, 3.63) is 56.5 Å². The summed E-state index contributed by atoms with van der Waals surface area (Å²) < 4.78 is 1.97. The summed E-state index contributed by atoms with van der Waals surface area (Å²) in [5, 5.41) is 60.5. The van der Waals surface area contributed by atoms with E-state index in [4.69, 9.17) is 15.7 Å². The zero-order valence-corrected chi connectivity index (χ0v) is 32.3. The number of carboxylic acids is 3. The van der Waals surface area contributed by atoms with E-state index in [1.807, 2.05) is 0 Å². The molecule has 3 amide bonds. The van der Waals surface area contributed by atoms with Crippen LogP contribution in [0.5, 0.6) is 11.5 Å². The molecule has 1 aromatic carbocycles. The Balaban J connectivity index is 1.16. The van der Waals surface area contributed by atoms with Gasteiger partial charge in [0.25, 0.3) is 17.7 Å². The number of nitrogen functional groups attached to an aromatic ring is 1. The number of thioether (sulfide) groups is 1. The molecule has 3 aliphatic rings. The van der Waals surface area contributed by atoms with E-state index in [0.29, 0.717) is 41.8 Å². The molecule has 0 saturated carbocycles. The highest BCUT2D eigenvalue weighted by Crippen LogP contribution is 2.41. The molecule has 3 aliphatic heterocycles. The molecule has 21 nitrogen and oxygen atoms in total. The second-order valence-electron chi connectivity index (χ2n) is 13.8. The Hall–Kier alpha value is -6.20. The first-order valence-corrected chi connectivity index (χ1v) is 19.8. The number of hydrogen-bond acceptors (Lipinski definition) is 16. The number of likely N-dealkylation sites (tertiary alicyclic amines) is 1. The van der Waals surface area contributed by atoms with E-state index in [-0.39, 0.29) is 46.3 Å². The molecule has 8 N–H and O–H groups in total. The van der Waals surface area contributed by atoms with Gasteiger partial charge < -0.3 is 60.6 Å². The first-order chi connectivity index (χ1) is 27.6. The van der Waals surface area contributed by atoms with Crippen LogP contribution in [0.25, 0.3) is 10.9 Å². The molecule has 58 heavy (non-hydrogen) atoms. The Morgan fingerprint density at radius 1 is 1.16 bits per heavy atom. The molecule has 3 aromatic rings. The number of carbonyl (C=O) groups is 6. The Morgan fingerprint density at radius 3 is 2.50 bits per heavy atom. The van der Waals surface area contributed by atoms with Gasteiger partial charge in [0.1, 0.15) is 29.2 Å². The Labute approximate surface area is 336 Å². The number of phenolic OH excluding ortho intramolecular Hbond substituents is 2. The molecule has 0 aliphatic carbocycles. The predicted molar refractivity (Wildman–Crippen MR) is 203 cm³/mol. The number of quaternary nitrogens is 1. The second-order valence-corrected chi connectivity index (χ2v) is 15.8. The van der Waals surface area contributed by atoms with Crippen LogP contribution < -0.4 is 26.9 Å². The number of hydrogen-bond donors (Lipinski definition) is 7. The van der Waals surface area contributed by atoms with Crippen molar-refractivity contribution < 1.29 is 63.6 Å². The van der Waals surface area contributed by atoms with Crippen LogP contribution in [0.15, 0.2) is 44.9 Å². The number of anilines is 1. The number of aliphatic carboxylic acids is 3. The topological polar surface area (TPSA) is 316 Å². The first kappa shape index (κ1) is 41.4. The average Bonchev–Trinajstić information content (AvgIpc) is 3.83. The lowest BCUT2D eigenvalue weighted by molar-refractivity contribution is -0.911. The molecule has 0 spiro atoms. The molecular formula is C35H38N8O13S2. The highest BCUT2D eigenvalue weighted by molar-refractivity contribution is 8.00. The van der Waals surface area contributed by atoms with Crippen molar-refractivity contribution in [3.8, 4) is 11.5 Å². The van der Waals surface area contributed by atoms with Gasteiger partial charge in [-0.25, -0.2) is 9.78 Å². The largest absolute Gasteiger partial charge is 0.543 e. The SMILES string of the molecule is CCn1cc(C(=O)NCC[N+]2(CC3=C(C(=O)[O-])N4C(=O)C(NC(=O)/C(=N\O[C@@H](CC(=O)O)C(=O)O)c5csc(N)n5)C4SC3)CCCC2)c(=O)c2c(O)c(O)ccc21. The number of thiazole rings is 1. The number of nitrogens with two attached hydrogens (primary N) is 1. The average molecular weight is 843 g/mol. The Bertz CT molecular complexity index is 2330. The van der Waals surface area contributed by atoms with Gasteiger partial charge in [-0.15, -0.1) is 23.1 Å². The van der Waals surface area contributed by atoms with Gasteiger partial charge in [-0.1, -0.05) is 5.16 Å². The van der Waals surface area contributed by atoms with Crippen LogP contribution in [-0.2, 0) is 35.4 Å². The highest BCUT2D eigenvalue weighted by atomic mass is 32.2. The maximum atomic E-state index is 13.5. The van der Waals surface area contributed by atoms with Crippen molar-refractivity contribution in [2.24, 2.45) is 5.16 Å². The number of aryl methyl sites for hydroxylation is 1. The standard InChI is InChI=1S/C35H38N8O13S2/c1-2-41-12-17(27(47)23-19(41)5-6-20(44)28(23)48)29(49)37-7-10-43(8-3-4-9-43)13-16-14-57-32-25(31(51)42(32)26(16)34(54)55)39-30(50)24(18-15-58-35(36)38-18)40-56-21(33(52)53)11-22(45)46/h5-6,12,15,21,25,32H,2-4,7-11,13-14H2,1H3,(H8-,36,37,38,39,40,44,45,46,47,48,49,50,52,53,54,55)/t21-,25?,32?/m0/s1. The van der Waals surface area contributed by atoms with Gasteiger partial charge in [-0.3, -0.25) is 28.9 Å². The number of oxime groups is 1. The minimum Gasteiger partial charge on any atom is -0.543 e. The van der Waals surface area contributed by atoms with Gasteiger partial charge in [0.05, 0.1) is 55.2 Å². The summed E-state index contributed by atoms with van der Waals surface area (Å²) in [6, 6.07) is 1.47. The van der Waals surface area contributed by atoms with Crippen molar-refractivity contribution >= 4 is 80.5 Å². The predicted octanol–water partition coefficient (Wildman–Crippen LogP) is -1.44. The molecule has 2 aromatic heterocycles. The maximum Gasteiger partial charge on any atom is 0.348 e. The van der Waals surface area contributed by atoms with E-state index in [1.54, 1.807) is 11.5 Å². The number of nitrogens with zero attached hydrogens (tertiary/aromatic N) is 5. The fourth-order valence-electron chi connectivity index (χ4n) is 7.30. The van der Waals surface area contributed by atoms with Crippen molar-refractivity contribution in [1.82, 2.24) is 25.1 Å². The van der Waals surface area contributed by atoms with Crippen LogP contribution in [0.2, 0.25) is 0 Å². The lowest BCUT2D eigenvalue weighted by atomic mass is 10.0. The molecule has 308 valence electrons. The number of amides is 3. The minimum absolute atomic E-state index is 0.0101. The quantitative estimate of drug-likeness (QED) is 0.0286. The third-order valence-corrected chi connectivity index (χ3v) is 12.1. The fourth-order valence-corrected chi connectivity index (χ4v) is 9.18. The highest BCUT2D eigenvalue weighted by Gasteiger charge is 2.54. The molecule has 6 rings (SSSR count). The van der Waals surface area contributed by atoms with E-state index in [9.17, 15) is 54.0 Å². The molecule has 2 saturated heterocycles. The number of aromatic nitrogens is 2. The number of benzene rings is 1. The van der Waals surface area contributed by atoms with E-state index in [2.05, 4.69) is 20.8 Å². The smallest absolute Gasteiger partial charge is 0.348 e. The van der Waals surface area contributed by atoms with E-state index in [1.165, 1.54) is 35.5 Å². The van der Waals surface area contributed by atoms with Gasteiger partial charge in [-0.2, -0.15) is 0 Å². The third-order valence-electron chi connectivity index (χ3n) is 10.1. The van der Waals surface area contributed by atoms with Gasteiger partial charge in [0.2, 0.25) is 11.5 Å². The van der Waals surface area contributed by atoms with Crippen LogP contribution in [0.4, 0.5) is 5.13 Å². The van der Waals surface area contributed by atoms with Crippen LogP contribution >= 0.6 is 23.1 Å². The number of aromatic hydroxyl groups is 2. The number of β-lactam (4-membered cyclic amide) rings is 1. The third kappa shape index (κ3) is 8.13. The van der Waals surface area contributed by atoms with Crippen molar-refractivity contribution in [2.75, 3.05) is 44.2 Å². The molecule has 23 heteroatoms. The number of rotatable bonds is 16. The van der Waals surface area contributed by atoms with Gasteiger partial charge in [-0.05, 0) is 19.1 Å². The van der Waals surface area contributed by atoms with Gasteiger partial charge in [0, 0.05) is 42.3 Å². The number of fused-ring (bicyclic) bond motifs is 2. The van der Waals surface area contributed by atoms with Crippen molar-refractivity contribution in [2.45, 2.75) is 50.3 Å². The maximum absolute atomic E-state index is 13.5. The summed E-state index contributed by atoms with van der Waals surface area (Å²) >= 11 is 2.11. The number of pyridine rings is 1. The summed E-state index contributed by atoms with van der Waals surface area (Å²) in [6.07, 6.45) is 0.0578. The molecule has 2 fully saturated rings. The number of phenols is 2. The van der Waals surface area contributed by atoms with Gasteiger partial charge >= 0.3 is 11.9 Å². The number of carbonyl (C=O) groups excluding carboxylic acids is 4. The lowest BCUT2D eigenvalue weighted by Crippen LogP contribution is -2.72. The zero-order valence-electron chi connectivity index (χ0n) is 30.7. The Morgan fingerprint density at radius 2 is 1.88 bits per heavy atom. The summed E-state index contributed by atoms with van der Waals surface area (Å²) in [5.74, 6) is -8.29. The summed E-state index contributed by atoms with van der Waals surface area (Å²) in [5.41, 5.74) is 4.37. The molecule has 0 bridgehead atoms. The fraction of sp³-hybridized carbons (Fsp3) is 0.400. The van der Waals surface area contributed by atoms with Crippen LogP contribution in [0.3, 0.4) is 0 Å². The minimum atomic E-state index is -1.96. The van der Waals surface area contributed by atoms with Crippen molar-refractivity contribution in [1.29, 1.82) is 0 Å². The summed E-state index contributed by atoms with van der Waals surface area (Å²) in [6.45, 7) is 4.05. The normalized spacial score (nSPS) is 19.3. The zero-order chi connectivity index (χ0) is 42.1. The van der Waals surface area contributed by atoms with Crippen molar-refractivity contribution in [3.63, 3.8) is 0 Å². The second kappa shape index (κ2) is 16.7. The van der Waals surface area contributed by atoms with E-state index < -0.39 is 82.2 Å². The van der Waals surface area contributed by atoms with Crippen LogP contribution in [0.1, 0.15) is 42.2 Å². The number of carboxylic acid groups (broad SMARTS) is 3. The van der Waals surface area contributed by atoms with Crippen LogP contribution in [0, 0.1) is 0 Å². The molecule has 0 radical (unpaired) electrons. The summed E-state index contributed by atoms with van der Waals surface area (Å²) in [4.78, 5) is 98.8. The molecule has 5 heterocycles. The molecule has 3 atom stereocenters. The lowest BCUT2D eigenvalue weighted by Gasteiger charge is -2.51. The molecule has 2 unspecified atom stereocenters. The van der Waals surface area contributed by atoms with E-state index >= 15 is 0 Å². The summed E-state index contributed by atoms with van der Waals surface area (Å²) in [7, 11) is 0. The van der Waals surface area contributed by atoms with E-state index in [0.717, 1.165) is 29.1 Å². The number of nitrogens with one attached hydrogen (secondary N) is 2. The van der Waals surface area contributed by atoms with Gasteiger partial charge in [0.15, 0.2) is 22.3 Å². The van der Waals surface area contributed by atoms with Crippen LogP contribution in [-0.4, -0.2) is 137 Å². The first-order valence-electron chi connectivity index (χ1n) is 17.9. The molecular weight excluding hydrogens is 805 g/mol. The monoisotopic (exact) mass is 842 g/mol.